The van der Waals surface area contributed by atoms with Gasteiger partial charge in [-0.15, -0.1) is 0 Å². The van der Waals surface area contributed by atoms with Crippen LogP contribution in [-0.4, -0.2) is 41.8 Å². The van der Waals surface area contributed by atoms with Crippen molar-refractivity contribution in [2.75, 3.05) is 19.8 Å². The molecule has 3 heterocycles. The second-order valence-electron chi connectivity index (χ2n) is 8.31. The Kier molecular flexibility index (Phi) is 5.30. The van der Waals surface area contributed by atoms with Gasteiger partial charge in [-0.3, -0.25) is 14.3 Å². The molecule has 31 heavy (non-hydrogen) atoms. The monoisotopic (exact) mass is 441 g/mol. The van der Waals surface area contributed by atoms with Crippen LogP contribution in [0.25, 0.3) is 0 Å². The van der Waals surface area contributed by atoms with E-state index in [9.17, 15) is 9.36 Å². The van der Waals surface area contributed by atoms with Gasteiger partial charge in [-0.2, -0.15) is 0 Å². The third-order valence-electron chi connectivity index (χ3n) is 6.93. The maximum atomic E-state index is 14.5. The molecular weight excluding hydrogens is 413 g/mol. The molecule has 2 aromatic rings. The summed E-state index contributed by atoms with van der Waals surface area (Å²) in [6, 6.07) is 17.4. The predicted molar refractivity (Wildman–Crippen MR) is 117 cm³/mol. The van der Waals surface area contributed by atoms with E-state index < -0.39 is 18.7 Å². The molecule has 0 spiro atoms. The van der Waals surface area contributed by atoms with E-state index in [2.05, 4.69) is 17.0 Å². The van der Waals surface area contributed by atoms with E-state index in [4.69, 9.17) is 13.8 Å². The fourth-order valence-electron chi connectivity index (χ4n) is 6.01. The SMILES string of the molecule is CCOP(=O)(OCC)[C@]12C(=O)Oc3ccccc3[C@H]1[C@H](c1ccccc1)N1CCC[C@H]12. The summed E-state index contributed by atoms with van der Waals surface area (Å²) in [5.41, 5.74) is 2.00. The maximum absolute atomic E-state index is 14.5. The number of nitrogens with zero attached hydrogens (tertiary/aromatic N) is 1. The molecule has 5 rings (SSSR count). The third-order valence-corrected chi connectivity index (χ3v) is 9.79. The molecule has 164 valence electrons. The zero-order valence-corrected chi connectivity index (χ0v) is 18.8. The topological polar surface area (TPSA) is 65.1 Å². The Balaban J connectivity index is 1.82. The standard InChI is InChI=1S/C24H28NO5P/c1-3-28-31(27,29-4-2)24-20-15-10-16-25(20)22(17-11-6-5-7-12-17)21(24)18-13-8-9-14-19(18)30-23(24)26/h5-9,11-14,20-22H,3-4,10,15-16H2,1-2H3/t20-,21-,22-,24-/m0/s1. The summed E-state index contributed by atoms with van der Waals surface area (Å²) in [5.74, 6) is -0.340. The fraction of sp³-hybridized carbons (Fsp3) is 0.458. The van der Waals surface area contributed by atoms with Crippen LogP contribution >= 0.6 is 7.60 Å². The Morgan fingerprint density at radius 2 is 1.74 bits per heavy atom. The highest BCUT2D eigenvalue weighted by atomic mass is 31.2. The van der Waals surface area contributed by atoms with Crippen molar-refractivity contribution >= 4 is 13.6 Å². The molecule has 3 aliphatic rings. The van der Waals surface area contributed by atoms with Crippen LogP contribution in [0, 0.1) is 0 Å². The van der Waals surface area contributed by atoms with Crippen LogP contribution in [-0.2, 0) is 18.4 Å². The van der Waals surface area contributed by atoms with Crippen molar-refractivity contribution in [1.29, 1.82) is 0 Å². The molecule has 6 nitrogen and oxygen atoms in total. The summed E-state index contributed by atoms with van der Waals surface area (Å²) in [6.07, 6.45) is 1.68. The van der Waals surface area contributed by atoms with Crippen LogP contribution < -0.4 is 4.74 Å². The van der Waals surface area contributed by atoms with Crippen LogP contribution in [0.3, 0.4) is 0 Å². The molecule has 2 saturated heterocycles. The first kappa shape index (κ1) is 20.9. The number of fused-ring (bicyclic) bond motifs is 5. The highest BCUT2D eigenvalue weighted by Crippen LogP contribution is 2.76. The molecule has 0 aromatic heterocycles. The number of esters is 1. The molecular formula is C24H28NO5P. The van der Waals surface area contributed by atoms with Crippen molar-refractivity contribution in [2.24, 2.45) is 0 Å². The summed E-state index contributed by atoms with van der Waals surface area (Å²) in [6.45, 7) is 4.80. The number of carbonyl (C=O) groups excluding carboxylic acids is 1. The molecule has 7 heteroatoms. The third kappa shape index (κ3) is 2.82. The smallest absolute Gasteiger partial charge is 0.350 e. The minimum absolute atomic E-state index is 0.114. The van der Waals surface area contributed by atoms with Crippen LogP contribution in [0.15, 0.2) is 54.6 Å². The van der Waals surface area contributed by atoms with Crippen molar-refractivity contribution in [1.82, 2.24) is 4.90 Å². The van der Waals surface area contributed by atoms with Crippen LogP contribution in [0.4, 0.5) is 0 Å². The average molecular weight is 441 g/mol. The lowest BCUT2D eigenvalue weighted by Crippen LogP contribution is -2.55. The van der Waals surface area contributed by atoms with E-state index in [1.165, 1.54) is 0 Å². The lowest BCUT2D eigenvalue weighted by atomic mass is 9.76. The van der Waals surface area contributed by atoms with Gasteiger partial charge in [-0.05, 0) is 44.9 Å². The van der Waals surface area contributed by atoms with Crippen molar-refractivity contribution < 1.29 is 23.1 Å². The highest BCUT2D eigenvalue weighted by Gasteiger charge is 2.76. The number of carbonyl (C=O) groups is 1. The van der Waals surface area contributed by atoms with Gasteiger partial charge in [0.25, 0.3) is 0 Å². The van der Waals surface area contributed by atoms with E-state index in [-0.39, 0.29) is 31.2 Å². The number of hydrogen-bond acceptors (Lipinski definition) is 6. The molecule has 0 bridgehead atoms. The van der Waals surface area contributed by atoms with Gasteiger partial charge in [-0.25, -0.2) is 0 Å². The highest BCUT2D eigenvalue weighted by molar-refractivity contribution is 7.57. The number of ether oxygens (including phenoxy) is 1. The Morgan fingerprint density at radius 1 is 1.06 bits per heavy atom. The Bertz CT molecular complexity index is 1020. The lowest BCUT2D eigenvalue weighted by molar-refractivity contribution is -0.140. The molecule has 0 radical (unpaired) electrons. The largest absolute Gasteiger partial charge is 0.425 e. The Morgan fingerprint density at radius 3 is 2.45 bits per heavy atom. The normalized spacial score (nSPS) is 29.9. The molecule has 0 amide bonds. The molecule has 0 N–H and O–H groups in total. The summed E-state index contributed by atoms with van der Waals surface area (Å²) in [7, 11) is -3.88. The van der Waals surface area contributed by atoms with E-state index in [1.54, 1.807) is 13.8 Å². The van der Waals surface area contributed by atoms with Crippen molar-refractivity contribution in [2.45, 2.75) is 49.8 Å². The van der Waals surface area contributed by atoms with E-state index in [1.807, 2.05) is 42.5 Å². The molecule has 2 fully saturated rings. The zero-order valence-electron chi connectivity index (χ0n) is 17.9. The van der Waals surface area contributed by atoms with Gasteiger partial charge in [-0.1, -0.05) is 48.5 Å². The first-order valence-corrected chi connectivity index (χ1v) is 12.6. The van der Waals surface area contributed by atoms with Gasteiger partial charge in [0.15, 0.2) is 5.16 Å². The van der Waals surface area contributed by atoms with Crippen molar-refractivity contribution in [3.05, 3.63) is 65.7 Å². The summed E-state index contributed by atoms with van der Waals surface area (Å²) < 4.78 is 32.2. The molecule has 3 aliphatic heterocycles. The number of rotatable bonds is 6. The zero-order chi connectivity index (χ0) is 21.6. The van der Waals surface area contributed by atoms with E-state index >= 15 is 0 Å². The van der Waals surface area contributed by atoms with Gasteiger partial charge < -0.3 is 13.8 Å². The molecule has 0 unspecified atom stereocenters. The van der Waals surface area contributed by atoms with E-state index in [0.717, 1.165) is 30.5 Å². The van der Waals surface area contributed by atoms with Gasteiger partial charge in [0.05, 0.1) is 13.2 Å². The Hall–Kier alpha value is -1.98. The minimum Gasteiger partial charge on any atom is -0.425 e. The number of benzene rings is 2. The molecule has 2 aromatic carbocycles. The average Bonchev–Trinajstić information content (AvgIpc) is 3.35. The Labute approximate surface area is 183 Å². The van der Waals surface area contributed by atoms with Crippen LogP contribution in [0.5, 0.6) is 5.75 Å². The second kappa shape index (κ2) is 7.86. The van der Waals surface area contributed by atoms with Gasteiger partial charge >= 0.3 is 13.6 Å². The second-order valence-corrected chi connectivity index (χ2v) is 10.6. The van der Waals surface area contributed by atoms with Gasteiger partial charge in [0.1, 0.15) is 5.75 Å². The van der Waals surface area contributed by atoms with Gasteiger partial charge in [0.2, 0.25) is 0 Å². The van der Waals surface area contributed by atoms with Crippen molar-refractivity contribution in [3.8, 4) is 5.75 Å². The summed E-state index contributed by atoms with van der Waals surface area (Å²) in [4.78, 5) is 16.2. The first-order chi connectivity index (χ1) is 15.1. The molecule has 0 saturated carbocycles. The lowest BCUT2D eigenvalue weighted by Gasteiger charge is -2.44. The maximum Gasteiger partial charge on any atom is 0.350 e. The summed E-state index contributed by atoms with van der Waals surface area (Å²) in [5, 5.41) is -1.40. The fourth-order valence-corrected chi connectivity index (χ4v) is 8.72. The summed E-state index contributed by atoms with van der Waals surface area (Å²) >= 11 is 0. The molecule has 4 atom stereocenters. The van der Waals surface area contributed by atoms with E-state index in [0.29, 0.717) is 5.75 Å². The quantitative estimate of drug-likeness (QED) is 0.360. The number of para-hydroxylation sites is 1. The van der Waals surface area contributed by atoms with Gasteiger partial charge in [0, 0.05) is 23.6 Å². The number of hydrogen-bond donors (Lipinski definition) is 0. The van der Waals surface area contributed by atoms with Crippen LogP contribution in [0.2, 0.25) is 0 Å². The van der Waals surface area contributed by atoms with Crippen LogP contribution in [0.1, 0.15) is 49.8 Å². The molecule has 0 aliphatic carbocycles. The minimum atomic E-state index is -3.88. The first-order valence-electron chi connectivity index (χ1n) is 11.1. The van der Waals surface area contributed by atoms with Crippen molar-refractivity contribution in [3.63, 3.8) is 0 Å². The predicted octanol–water partition coefficient (Wildman–Crippen LogP) is 4.91.